The summed E-state index contributed by atoms with van der Waals surface area (Å²) in [6, 6.07) is 11.3. The van der Waals surface area contributed by atoms with Gasteiger partial charge in [0.1, 0.15) is 0 Å². The number of rotatable bonds is 12. The third-order valence-corrected chi connectivity index (χ3v) is 5.22. The topological polar surface area (TPSA) is 15.6 Å². The molecule has 1 atom stereocenters. The van der Waals surface area contributed by atoms with E-state index in [1.165, 1.54) is 69.2 Å². The van der Waals surface area contributed by atoms with Crippen LogP contribution < -0.4 is 0 Å². The summed E-state index contributed by atoms with van der Waals surface area (Å²) < 4.78 is 0. The van der Waals surface area contributed by atoms with Gasteiger partial charge in [0, 0.05) is 13.0 Å². The maximum absolute atomic E-state index is 4.77. The van der Waals surface area contributed by atoms with Gasteiger partial charge in [0.15, 0.2) is 0 Å². The fourth-order valence-corrected chi connectivity index (χ4v) is 3.65. The summed E-state index contributed by atoms with van der Waals surface area (Å²) in [5.74, 6) is 1.34. The van der Waals surface area contributed by atoms with Crippen LogP contribution in [0.25, 0.3) is 0 Å². The van der Waals surface area contributed by atoms with E-state index in [0.717, 1.165) is 19.5 Å². The maximum atomic E-state index is 4.77. The lowest BCUT2D eigenvalue weighted by atomic mass is 10.0. The van der Waals surface area contributed by atoms with E-state index < -0.39 is 0 Å². The van der Waals surface area contributed by atoms with Crippen LogP contribution in [0.4, 0.5) is 0 Å². The van der Waals surface area contributed by atoms with E-state index in [-0.39, 0.29) is 0 Å². The fourth-order valence-electron chi connectivity index (χ4n) is 3.65. The zero-order chi connectivity index (χ0) is 17.0. The lowest BCUT2D eigenvalue weighted by Crippen LogP contribution is -2.30. The Morgan fingerprint density at radius 2 is 1.54 bits per heavy atom. The largest absolute Gasteiger partial charge is 0.352 e. The standard InChI is InChI=1S/C22H36N2/c1-3-4-5-6-7-8-9-10-14-17-22-23-18-19-24(22)20(2)21-15-12-11-13-16-21/h11-13,15-16,20H,3-10,14,17-19H2,1-2H3. The summed E-state index contributed by atoms with van der Waals surface area (Å²) in [6.45, 7) is 6.66. The zero-order valence-electron chi connectivity index (χ0n) is 15.8. The summed E-state index contributed by atoms with van der Waals surface area (Å²) in [5.41, 5.74) is 1.40. The molecule has 2 rings (SSSR count). The number of unbranched alkanes of at least 4 members (excludes halogenated alkanes) is 8. The highest BCUT2D eigenvalue weighted by molar-refractivity contribution is 5.84. The van der Waals surface area contributed by atoms with Crippen molar-refractivity contribution in [1.29, 1.82) is 0 Å². The molecule has 0 saturated heterocycles. The maximum Gasteiger partial charge on any atom is 0.0995 e. The average molecular weight is 329 g/mol. The van der Waals surface area contributed by atoms with Gasteiger partial charge in [-0.05, 0) is 18.9 Å². The second kappa shape index (κ2) is 11.3. The molecule has 0 radical (unpaired) electrons. The predicted octanol–water partition coefficient (Wildman–Crippen LogP) is 6.38. The Labute approximate surface area is 149 Å². The Morgan fingerprint density at radius 3 is 2.21 bits per heavy atom. The Kier molecular flexibility index (Phi) is 8.94. The van der Waals surface area contributed by atoms with E-state index >= 15 is 0 Å². The quantitative estimate of drug-likeness (QED) is 0.406. The minimum Gasteiger partial charge on any atom is -0.352 e. The second-order valence-electron chi connectivity index (χ2n) is 7.16. The highest BCUT2D eigenvalue weighted by Crippen LogP contribution is 2.24. The van der Waals surface area contributed by atoms with Crippen LogP contribution in [0, 0.1) is 0 Å². The predicted molar refractivity (Wildman–Crippen MR) is 106 cm³/mol. The first-order valence-corrected chi connectivity index (χ1v) is 10.2. The molecule has 1 unspecified atom stereocenters. The number of benzene rings is 1. The monoisotopic (exact) mass is 328 g/mol. The number of hydrogen-bond donors (Lipinski definition) is 0. The molecule has 0 N–H and O–H groups in total. The molecule has 0 bridgehead atoms. The molecule has 1 aromatic rings. The van der Waals surface area contributed by atoms with Crippen LogP contribution in [0.15, 0.2) is 35.3 Å². The molecule has 1 heterocycles. The summed E-state index contributed by atoms with van der Waals surface area (Å²) in [5, 5.41) is 0. The summed E-state index contributed by atoms with van der Waals surface area (Å²) in [7, 11) is 0. The minimum absolute atomic E-state index is 0.450. The first-order valence-electron chi connectivity index (χ1n) is 10.2. The molecule has 1 aliphatic heterocycles. The molecule has 2 heteroatoms. The van der Waals surface area contributed by atoms with Gasteiger partial charge in [0.2, 0.25) is 0 Å². The van der Waals surface area contributed by atoms with Gasteiger partial charge in [-0.3, -0.25) is 4.99 Å². The van der Waals surface area contributed by atoms with Crippen LogP contribution in [-0.2, 0) is 0 Å². The highest BCUT2D eigenvalue weighted by atomic mass is 15.3. The van der Waals surface area contributed by atoms with Crippen LogP contribution in [0.2, 0.25) is 0 Å². The number of aliphatic imine (C=N–C) groups is 1. The first kappa shape index (κ1) is 19.0. The number of amidine groups is 1. The first-order chi connectivity index (χ1) is 11.8. The van der Waals surface area contributed by atoms with E-state index in [2.05, 4.69) is 49.1 Å². The van der Waals surface area contributed by atoms with Crippen LogP contribution in [0.5, 0.6) is 0 Å². The van der Waals surface area contributed by atoms with Crippen LogP contribution >= 0.6 is 0 Å². The molecule has 0 aliphatic carbocycles. The van der Waals surface area contributed by atoms with Crippen LogP contribution in [0.3, 0.4) is 0 Å². The molecule has 134 valence electrons. The van der Waals surface area contributed by atoms with Crippen molar-refractivity contribution in [2.24, 2.45) is 4.99 Å². The van der Waals surface area contributed by atoms with E-state index in [9.17, 15) is 0 Å². The molecule has 2 nitrogen and oxygen atoms in total. The van der Waals surface area contributed by atoms with Gasteiger partial charge in [-0.1, -0.05) is 88.6 Å². The normalized spacial score (nSPS) is 15.6. The third kappa shape index (κ3) is 6.30. The van der Waals surface area contributed by atoms with Gasteiger partial charge < -0.3 is 4.90 Å². The summed E-state index contributed by atoms with van der Waals surface area (Å²) >= 11 is 0. The molecule has 0 spiro atoms. The molecule has 0 saturated carbocycles. The molecule has 0 fully saturated rings. The lowest BCUT2D eigenvalue weighted by molar-refractivity contribution is 0.359. The van der Waals surface area contributed by atoms with Crippen molar-refractivity contribution >= 4 is 5.84 Å². The molecule has 1 aliphatic rings. The molecule has 24 heavy (non-hydrogen) atoms. The summed E-state index contributed by atoms with van der Waals surface area (Å²) in [6.07, 6.45) is 13.7. The molecule has 0 amide bonds. The lowest BCUT2D eigenvalue weighted by Gasteiger charge is -2.28. The van der Waals surface area contributed by atoms with Crippen molar-refractivity contribution in [3.63, 3.8) is 0 Å². The van der Waals surface area contributed by atoms with Crippen molar-refractivity contribution in [2.75, 3.05) is 13.1 Å². The van der Waals surface area contributed by atoms with Gasteiger partial charge in [-0.25, -0.2) is 0 Å². The smallest absolute Gasteiger partial charge is 0.0995 e. The Morgan fingerprint density at radius 1 is 0.917 bits per heavy atom. The molecule has 1 aromatic carbocycles. The van der Waals surface area contributed by atoms with Gasteiger partial charge in [0.05, 0.1) is 18.4 Å². The van der Waals surface area contributed by atoms with Crippen molar-refractivity contribution in [2.45, 2.75) is 84.1 Å². The van der Waals surface area contributed by atoms with E-state index in [4.69, 9.17) is 4.99 Å². The van der Waals surface area contributed by atoms with Crippen molar-refractivity contribution < 1.29 is 0 Å². The Hall–Kier alpha value is -1.31. The van der Waals surface area contributed by atoms with Crippen molar-refractivity contribution in [3.8, 4) is 0 Å². The molecular weight excluding hydrogens is 292 g/mol. The van der Waals surface area contributed by atoms with E-state index in [0.29, 0.717) is 6.04 Å². The van der Waals surface area contributed by atoms with Crippen LogP contribution in [0.1, 0.15) is 89.7 Å². The second-order valence-corrected chi connectivity index (χ2v) is 7.16. The van der Waals surface area contributed by atoms with Gasteiger partial charge in [-0.15, -0.1) is 0 Å². The molecular formula is C22H36N2. The number of nitrogens with zero attached hydrogens (tertiary/aromatic N) is 2. The van der Waals surface area contributed by atoms with Gasteiger partial charge in [0.25, 0.3) is 0 Å². The SMILES string of the molecule is CCCCCCCCCCCC1=NCCN1C(C)c1ccccc1. The minimum atomic E-state index is 0.450. The number of hydrogen-bond acceptors (Lipinski definition) is 2. The highest BCUT2D eigenvalue weighted by Gasteiger charge is 2.22. The van der Waals surface area contributed by atoms with Gasteiger partial charge in [-0.2, -0.15) is 0 Å². The van der Waals surface area contributed by atoms with Crippen molar-refractivity contribution in [1.82, 2.24) is 4.90 Å². The van der Waals surface area contributed by atoms with E-state index in [1.54, 1.807) is 0 Å². The third-order valence-electron chi connectivity index (χ3n) is 5.22. The van der Waals surface area contributed by atoms with Gasteiger partial charge >= 0.3 is 0 Å². The average Bonchev–Trinajstić information content (AvgIpc) is 3.09. The molecule has 0 aromatic heterocycles. The fraction of sp³-hybridized carbons (Fsp3) is 0.682. The van der Waals surface area contributed by atoms with Crippen molar-refractivity contribution in [3.05, 3.63) is 35.9 Å². The Bertz CT molecular complexity index is 466. The van der Waals surface area contributed by atoms with E-state index in [1.807, 2.05) is 0 Å². The Balaban J connectivity index is 1.62. The van der Waals surface area contributed by atoms with Crippen LogP contribution in [-0.4, -0.2) is 23.8 Å². The zero-order valence-corrected chi connectivity index (χ0v) is 15.8. The summed E-state index contributed by atoms with van der Waals surface area (Å²) in [4.78, 5) is 7.29.